The Bertz CT molecular complexity index is 3170. The van der Waals surface area contributed by atoms with Gasteiger partial charge in [-0.15, -0.1) is 0 Å². The third-order valence-corrected chi connectivity index (χ3v) is 11.4. The van der Waals surface area contributed by atoms with E-state index in [9.17, 15) is 0 Å². The molecule has 10 aromatic rings. The van der Waals surface area contributed by atoms with Gasteiger partial charge in [-0.2, -0.15) is 0 Å². The Labute approximate surface area is 338 Å². The van der Waals surface area contributed by atoms with Crippen LogP contribution in [0.1, 0.15) is 16.7 Å². The first-order valence-electron chi connectivity index (χ1n) is 19.9. The summed E-state index contributed by atoms with van der Waals surface area (Å²) in [7, 11) is 0. The van der Waals surface area contributed by atoms with E-state index in [1.54, 1.807) is 0 Å². The van der Waals surface area contributed by atoms with Crippen molar-refractivity contribution < 1.29 is 0 Å². The highest BCUT2D eigenvalue weighted by molar-refractivity contribution is 6.27. The molecule has 0 aliphatic carbocycles. The summed E-state index contributed by atoms with van der Waals surface area (Å²) in [6, 6.07) is 75.7. The second-order valence-corrected chi connectivity index (χ2v) is 14.8. The molecule has 10 aromatic carbocycles. The summed E-state index contributed by atoms with van der Waals surface area (Å²) in [5.41, 5.74) is 18.0. The third kappa shape index (κ3) is 6.41. The number of aliphatic imine (C=N–C) groups is 1. The van der Waals surface area contributed by atoms with E-state index in [0.717, 1.165) is 22.4 Å². The van der Waals surface area contributed by atoms with E-state index in [4.69, 9.17) is 10.7 Å². The normalized spacial score (nSPS) is 12.1. The molecule has 0 radical (unpaired) electrons. The molecule has 0 bridgehead atoms. The SMILES string of the molecule is NC(=N/C(=C\Cc1ccccc1-c1cccc2ccccc12)c1ccc(-c2c3ccccc3c(-c3ccccc3)c3ccc4ccccc4c23)cc1)c1ccccc1. The Morgan fingerprint density at radius 2 is 0.948 bits per heavy atom. The smallest absolute Gasteiger partial charge is 0.131 e. The Kier molecular flexibility index (Phi) is 9.13. The first-order valence-corrected chi connectivity index (χ1v) is 19.9. The number of hydrogen-bond acceptors (Lipinski definition) is 1. The van der Waals surface area contributed by atoms with Gasteiger partial charge in [0.1, 0.15) is 5.84 Å². The van der Waals surface area contributed by atoms with Crippen LogP contribution in [-0.4, -0.2) is 5.84 Å². The lowest BCUT2D eigenvalue weighted by atomic mass is 9.84. The molecule has 0 spiro atoms. The van der Waals surface area contributed by atoms with Crippen LogP contribution in [0.3, 0.4) is 0 Å². The van der Waals surface area contributed by atoms with Crippen LogP contribution >= 0.6 is 0 Å². The molecular weight excluding hydrogens is 701 g/mol. The molecule has 2 nitrogen and oxygen atoms in total. The van der Waals surface area contributed by atoms with Gasteiger partial charge in [-0.25, -0.2) is 4.99 Å². The van der Waals surface area contributed by atoms with Crippen LogP contribution in [0.4, 0.5) is 0 Å². The molecule has 0 aliphatic rings. The molecule has 0 heterocycles. The number of nitrogens with zero attached hydrogens (tertiary/aromatic N) is 1. The highest BCUT2D eigenvalue weighted by Gasteiger charge is 2.19. The Morgan fingerprint density at radius 1 is 0.397 bits per heavy atom. The van der Waals surface area contributed by atoms with Gasteiger partial charge in [0.05, 0.1) is 5.70 Å². The molecular formula is C56H40N2. The van der Waals surface area contributed by atoms with E-state index in [-0.39, 0.29) is 0 Å². The molecule has 0 aromatic heterocycles. The first-order chi connectivity index (χ1) is 28.7. The molecule has 0 fully saturated rings. The summed E-state index contributed by atoms with van der Waals surface area (Å²) in [5.74, 6) is 0.484. The Hall–Kier alpha value is -7.55. The number of nitrogens with two attached hydrogens (primary N) is 1. The molecule has 0 unspecified atom stereocenters. The summed E-state index contributed by atoms with van der Waals surface area (Å²) in [6.45, 7) is 0. The second kappa shape index (κ2) is 15.2. The monoisotopic (exact) mass is 740 g/mol. The molecule has 0 atom stereocenters. The van der Waals surface area contributed by atoms with Gasteiger partial charge in [-0.05, 0) is 94.0 Å². The van der Waals surface area contributed by atoms with Crippen molar-refractivity contribution in [2.75, 3.05) is 0 Å². The fourth-order valence-corrected chi connectivity index (χ4v) is 8.63. The zero-order valence-electron chi connectivity index (χ0n) is 32.0. The third-order valence-electron chi connectivity index (χ3n) is 11.4. The van der Waals surface area contributed by atoms with Crippen LogP contribution < -0.4 is 5.73 Å². The summed E-state index contributed by atoms with van der Waals surface area (Å²) in [5, 5.41) is 9.91. The van der Waals surface area contributed by atoms with Gasteiger partial charge in [-0.3, -0.25) is 0 Å². The zero-order valence-corrected chi connectivity index (χ0v) is 32.0. The van der Waals surface area contributed by atoms with Crippen LogP contribution in [0.5, 0.6) is 0 Å². The molecule has 0 amide bonds. The zero-order chi connectivity index (χ0) is 38.8. The lowest BCUT2D eigenvalue weighted by Gasteiger charge is -2.19. The van der Waals surface area contributed by atoms with Gasteiger partial charge in [0.15, 0.2) is 0 Å². The first kappa shape index (κ1) is 34.9. The maximum atomic E-state index is 6.75. The van der Waals surface area contributed by atoms with Crippen LogP contribution in [0.2, 0.25) is 0 Å². The molecule has 0 saturated carbocycles. The van der Waals surface area contributed by atoms with Gasteiger partial charge < -0.3 is 5.73 Å². The predicted octanol–water partition coefficient (Wildman–Crippen LogP) is 14.3. The number of benzene rings is 10. The summed E-state index contributed by atoms with van der Waals surface area (Å²) >= 11 is 0. The van der Waals surface area contributed by atoms with Gasteiger partial charge >= 0.3 is 0 Å². The number of fused-ring (bicyclic) bond motifs is 5. The van der Waals surface area contributed by atoms with E-state index in [2.05, 4.69) is 188 Å². The number of allylic oxidation sites excluding steroid dienone is 1. The highest BCUT2D eigenvalue weighted by Crippen LogP contribution is 2.46. The largest absolute Gasteiger partial charge is 0.383 e. The molecule has 274 valence electrons. The van der Waals surface area contributed by atoms with E-state index in [0.29, 0.717) is 12.3 Å². The molecule has 0 saturated heterocycles. The van der Waals surface area contributed by atoms with Crippen LogP contribution in [0.15, 0.2) is 223 Å². The Morgan fingerprint density at radius 3 is 1.71 bits per heavy atom. The van der Waals surface area contributed by atoms with Crippen LogP contribution in [-0.2, 0) is 6.42 Å². The van der Waals surface area contributed by atoms with Gasteiger partial charge in [0, 0.05) is 5.56 Å². The maximum absolute atomic E-state index is 6.75. The number of amidine groups is 1. The van der Waals surface area contributed by atoms with Crippen molar-refractivity contribution in [3.05, 3.63) is 235 Å². The molecule has 2 N–H and O–H groups in total. The summed E-state index contributed by atoms with van der Waals surface area (Å²) in [4.78, 5) is 5.13. The summed E-state index contributed by atoms with van der Waals surface area (Å²) < 4.78 is 0. The van der Waals surface area contributed by atoms with Crippen molar-refractivity contribution in [2.24, 2.45) is 10.7 Å². The predicted molar refractivity (Wildman–Crippen MR) is 248 cm³/mol. The topological polar surface area (TPSA) is 38.4 Å². The van der Waals surface area contributed by atoms with Crippen LogP contribution in [0.25, 0.3) is 82.2 Å². The average Bonchev–Trinajstić information content (AvgIpc) is 3.30. The van der Waals surface area contributed by atoms with Gasteiger partial charge in [0.2, 0.25) is 0 Å². The summed E-state index contributed by atoms with van der Waals surface area (Å²) in [6.07, 6.45) is 2.91. The fourth-order valence-electron chi connectivity index (χ4n) is 8.63. The van der Waals surface area contributed by atoms with Gasteiger partial charge in [-0.1, -0.05) is 218 Å². The highest BCUT2D eigenvalue weighted by atomic mass is 14.9. The number of rotatable bonds is 8. The second-order valence-electron chi connectivity index (χ2n) is 14.8. The van der Waals surface area contributed by atoms with Gasteiger partial charge in [0.25, 0.3) is 0 Å². The van der Waals surface area contributed by atoms with Crippen molar-refractivity contribution in [1.82, 2.24) is 0 Å². The minimum atomic E-state index is 0.484. The fraction of sp³-hybridized carbons (Fsp3) is 0.0179. The van der Waals surface area contributed by atoms with E-state index >= 15 is 0 Å². The minimum absolute atomic E-state index is 0.484. The molecule has 10 rings (SSSR count). The maximum Gasteiger partial charge on any atom is 0.131 e. The average molecular weight is 741 g/mol. The molecule has 2 heteroatoms. The number of hydrogen-bond donors (Lipinski definition) is 1. The lowest BCUT2D eigenvalue weighted by molar-refractivity contribution is 1.26. The molecule has 58 heavy (non-hydrogen) atoms. The molecule has 0 aliphatic heterocycles. The van der Waals surface area contributed by atoms with Crippen molar-refractivity contribution in [3.8, 4) is 33.4 Å². The standard InChI is InChI=1S/C56H40N2/c57-56(44-21-5-2-6-22-44)58-52(37-35-39-17-8-11-25-46(39)48-29-15-23-38-16-7-10-24-45(38)48)41-30-32-43(33-31-41)54-50-28-14-13-27-49(50)53(42-19-3-1-4-20-42)51-36-34-40-18-9-12-26-47(40)55(51)54/h1-34,36-37H,35H2,(H2,57,58)/b52-37-. The quantitative estimate of drug-likeness (QED) is 0.0716. The van der Waals surface area contributed by atoms with E-state index in [1.165, 1.54) is 76.5 Å². The van der Waals surface area contributed by atoms with E-state index in [1.807, 2.05) is 30.3 Å². The van der Waals surface area contributed by atoms with Crippen molar-refractivity contribution >= 4 is 54.6 Å². The van der Waals surface area contributed by atoms with Crippen molar-refractivity contribution in [1.29, 1.82) is 0 Å². The Balaban J connectivity index is 1.13. The lowest BCUT2D eigenvalue weighted by Crippen LogP contribution is -2.13. The van der Waals surface area contributed by atoms with Crippen LogP contribution in [0, 0.1) is 0 Å². The minimum Gasteiger partial charge on any atom is -0.383 e. The van der Waals surface area contributed by atoms with E-state index < -0.39 is 0 Å². The van der Waals surface area contributed by atoms with Crippen molar-refractivity contribution in [3.63, 3.8) is 0 Å². The van der Waals surface area contributed by atoms with Crippen molar-refractivity contribution in [2.45, 2.75) is 6.42 Å².